The van der Waals surface area contributed by atoms with Gasteiger partial charge < -0.3 is 8.98 Å². The summed E-state index contributed by atoms with van der Waals surface area (Å²) in [6, 6.07) is 77.5. The first kappa shape index (κ1) is 36.5. The van der Waals surface area contributed by atoms with Crippen molar-refractivity contribution < 1.29 is 4.42 Å². The Hall–Kier alpha value is -8.93. The van der Waals surface area contributed by atoms with E-state index in [0.717, 1.165) is 82.5 Å². The standard InChI is InChI=1S/C61H36N4O/c1-2-15-41-33-44(32-27-37(41)13-1)60-62-59(40-30-28-39(29-31-40)46-23-11-18-38-14-5-6-19-45(38)46)63-61(64-60)50-24-12-26-55-58(50)57-49-22-8-7-20-47(49)54(36-56(57)66-55)65-52-25-10-9-21-48(52)51-34-42-16-3-4-17-43(42)35-53(51)65/h1-36H. The van der Waals surface area contributed by atoms with E-state index >= 15 is 0 Å². The fourth-order valence-electron chi connectivity index (χ4n) is 10.3. The zero-order chi connectivity index (χ0) is 43.3. The molecule has 306 valence electrons. The average Bonchev–Trinajstić information content (AvgIpc) is 3.92. The molecule has 3 aromatic heterocycles. The number of rotatable bonds is 5. The number of hydrogen-bond acceptors (Lipinski definition) is 4. The molecule has 14 rings (SSSR count). The molecule has 0 N–H and O–H groups in total. The van der Waals surface area contributed by atoms with Crippen LogP contribution in [0.25, 0.3) is 138 Å². The van der Waals surface area contributed by atoms with Crippen molar-refractivity contribution in [3.8, 4) is 51.0 Å². The Balaban J connectivity index is 0.991. The predicted molar refractivity (Wildman–Crippen MR) is 273 cm³/mol. The van der Waals surface area contributed by atoms with Gasteiger partial charge in [-0.2, -0.15) is 0 Å². The van der Waals surface area contributed by atoms with Gasteiger partial charge in [0.1, 0.15) is 11.2 Å². The van der Waals surface area contributed by atoms with Gasteiger partial charge in [-0.25, -0.2) is 15.0 Å². The van der Waals surface area contributed by atoms with Gasteiger partial charge in [0.2, 0.25) is 0 Å². The van der Waals surface area contributed by atoms with E-state index in [1.807, 2.05) is 6.07 Å². The van der Waals surface area contributed by atoms with Crippen molar-refractivity contribution in [1.29, 1.82) is 0 Å². The van der Waals surface area contributed by atoms with Gasteiger partial charge in [0.15, 0.2) is 17.5 Å². The SMILES string of the molecule is c1ccc2cc(-c3nc(-c4ccc(-c5cccc6ccccc56)cc4)nc(-c4cccc5oc6cc(-n7c8ccccc8c8cc9ccccc9cc87)c7ccccc7c6c45)n3)ccc2c1. The number of hydrogen-bond donors (Lipinski definition) is 0. The largest absolute Gasteiger partial charge is 0.456 e. The van der Waals surface area contributed by atoms with Crippen LogP contribution in [-0.4, -0.2) is 19.5 Å². The van der Waals surface area contributed by atoms with Crippen LogP contribution in [-0.2, 0) is 0 Å². The van der Waals surface area contributed by atoms with E-state index in [2.05, 4.69) is 217 Å². The molecule has 3 heterocycles. The molecule has 0 bridgehead atoms. The molecule has 0 saturated heterocycles. The second-order valence-corrected chi connectivity index (χ2v) is 17.1. The van der Waals surface area contributed by atoms with E-state index < -0.39 is 0 Å². The Labute approximate surface area is 378 Å². The fraction of sp³-hybridized carbons (Fsp3) is 0. The maximum Gasteiger partial charge on any atom is 0.164 e. The highest BCUT2D eigenvalue weighted by Crippen LogP contribution is 2.44. The van der Waals surface area contributed by atoms with Crippen LogP contribution in [0.1, 0.15) is 0 Å². The fourth-order valence-corrected chi connectivity index (χ4v) is 10.3. The van der Waals surface area contributed by atoms with Crippen molar-refractivity contribution in [2.24, 2.45) is 0 Å². The lowest BCUT2D eigenvalue weighted by atomic mass is 9.97. The molecule has 0 unspecified atom stereocenters. The normalized spacial score (nSPS) is 11.9. The van der Waals surface area contributed by atoms with Crippen LogP contribution in [0.2, 0.25) is 0 Å². The van der Waals surface area contributed by atoms with Crippen LogP contribution >= 0.6 is 0 Å². The molecule has 11 aromatic carbocycles. The number of nitrogens with zero attached hydrogens (tertiary/aromatic N) is 4. The van der Waals surface area contributed by atoms with E-state index in [-0.39, 0.29) is 0 Å². The second-order valence-electron chi connectivity index (χ2n) is 17.1. The van der Waals surface area contributed by atoms with Gasteiger partial charge in [0, 0.05) is 49.7 Å². The van der Waals surface area contributed by atoms with Crippen LogP contribution in [0, 0.1) is 0 Å². The summed E-state index contributed by atoms with van der Waals surface area (Å²) in [5.74, 6) is 1.79. The minimum absolute atomic E-state index is 0.581. The molecule has 14 aromatic rings. The lowest BCUT2D eigenvalue weighted by Gasteiger charge is -2.13. The first-order valence-corrected chi connectivity index (χ1v) is 22.3. The molecule has 0 aliphatic rings. The minimum atomic E-state index is 0.581. The summed E-state index contributed by atoms with van der Waals surface area (Å²) >= 11 is 0. The van der Waals surface area contributed by atoms with E-state index in [9.17, 15) is 0 Å². The molecule has 0 fully saturated rings. The van der Waals surface area contributed by atoms with Gasteiger partial charge in [-0.05, 0) is 79.2 Å². The first-order valence-electron chi connectivity index (χ1n) is 22.3. The van der Waals surface area contributed by atoms with Crippen LogP contribution < -0.4 is 0 Å². The van der Waals surface area contributed by atoms with Crippen LogP contribution in [0.5, 0.6) is 0 Å². The van der Waals surface area contributed by atoms with E-state index in [4.69, 9.17) is 19.4 Å². The molecular formula is C61H36N4O. The highest BCUT2D eigenvalue weighted by Gasteiger charge is 2.23. The Morgan fingerprint density at radius 2 is 0.879 bits per heavy atom. The Morgan fingerprint density at radius 1 is 0.303 bits per heavy atom. The summed E-state index contributed by atoms with van der Waals surface area (Å²) in [5.41, 5.74) is 9.96. The average molecular weight is 841 g/mol. The number of benzene rings is 11. The van der Waals surface area contributed by atoms with E-state index in [0.29, 0.717) is 17.5 Å². The number of aromatic nitrogens is 4. The van der Waals surface area contributed by atoms with E-state index in [1.54, 1.807) is 0 Å². The van der Waals surface area contributed by atoms with Gasteiger partial charge in [-0.15, -0.1) is 0 Å². The predicted octanol–water partition coefficient (Wildman–Crippen LogP) is 16.1. The van der Waals surface area contributed by atoms with Gasteiger partial charge in [-0.3, -0.25) is 0 Å². The lowest BCUT2D eigenvalue weighted by Crippen LogP contribution is -2.00. The van der Waals surface area contributed by atoms with Crippen LogP contribution in [0.15, 0.2) is 223 Å². The molecule has 5 heteroatoms. The molecule has 0 aliphatic carbocycles. The lowest BCUT2D eigenvalue weighted by molar-refractivity contribution is 0.669. The summed E-state index contributed by atoms with van der Waals surface area (Å²) in [6.07, 6.45) is 0. The highest BCUT2D eigenvalue weighted by molar-refractivity contribution is 6.25. The molecule has 5 nitrogen and oxygen atoms in total. The zero-order valence-electron chi connectivity index (χ0n) is 35.5. The maximum atomic E-state index is 6.93. The van der Waals surface area contributed by atoms with Crippen molar-refractivity contribution in [3.63, 3.8) is 0 Å². The second kappa shape index (κ2) is 14.3. The monoisotopic (exact) mass is 840 g/mol. The molecule has 0 atom stereocenters. The van der Waals surface area contributed by atoms with Crippen LogP contribution in [0.4, 0.5) is 0 Å². The molecule has 0 aliphatic heterocycles. The van der Waals surface area contributed by atoms with Gasteiger partial charge in [-0.1, -0.05) is 182 Å². The smallest absolute Gasteiger partial charge is 0.164 e. The van der Waals surface area contributed by atoms with Crippen molar-refractivity contribution in [3.05, 3.63) is 218 Å². The van der Waals surface area contributed by atoms with Crippen LogP contribution in [0.3, 0.4) is 0 Å². The molecule has 0 amide bonds. The van der Waals surface area contributed by atoms with Crippen molar-refractivity contribution in [1.82, 2.24) is 19.5 Å². The van der Waals surface area contributed by atoms with Gasteiger partial charge >= 0.3 is 0 Å². The topological polar surface area (TPSA) is 56.7 Å². The summed E-state index contributed by atoms with van der Waals surface area (Å²) in [4.78, 5) is 15.8. The minimum Gasteiger partial charge on any atom is -0.456 e. The van der Waals surface area contributed by atoms with Gasteiger partial charge in [0.05, 0.1) is 16.7 Å². The summed E-state index contributed by atoms with van der Waals surface area (Å²) in [7, 11) is 0. The zero-order valence-corrected chi connectivity index (χ0v) is 35.5. The third-order valence-corrected chi connectivity index (χ3v) is 13.4. The molecular weight excluding hydrogens is 805 g/mol. The number of fused-ring (bicyclic) bond motifs is 11. The van der Waals surface area contributed by atoms with Crippen molar-refractivity contribution >= 4 is 86.8 Å². The molecule has 0 spiro atoms. The van der Waals surface area contributed by atoms with E-state index in [1.165, 1.54) is 37.9 Å². The molecule has 0 radical (unpaired) electrons. The number of furan rings is 1. The summed E-state index contributed by atoms with van der Waals surface area (Å²) < 4.78 is 9.34. The van der Waals surface area contributed by atoms with Crippen molar-refractivity contribution in [2.75, 3.05) is 0 Å². The Bertz CT molecular complexity index is 4290. The molecule has 0 saturated carbocycles. The maximum absolute atomic E-state index is 6.93. The quantitative estimate of drug-likeness (QED) is 0.173. The third-order valence-electron chi connectivity index (χ3n) is 13.4. The Kier molecular flexibility index (Phi) is 7.91. The van der Waals surface area contributed by atoms with Crippen molar-refractivity contribution in [2.45, 2.75) is 0 Å². The third kappa shape index (κ3) is 5.63. The Morgan fingerprint density at radius 3 is 1.70 bits per heavy atom. The molecule has 66 heavy (non-hydrogen) atoms. The van der Waals surface area contributed by atoms with Gasteiger partial charge in [0.25, 0.3) is 0 Å². The number of para-hydroxylation sites is 1. The highest BCUT2D eigenvalue weighted by atomic mass is 16.3. The summed E-state index contributed by atoms with van der Waals surface area (Å²) in [5, 5.41) is 13.8. The first-order chi connectivity index (χ1) is 32.7. The summed E-state index contributed by atoms with van der Waals surface area (Å²) in [6.45, 7) is 0.